The molecule has 0 heterocycles. The lowest BCUT2D eigenvalue weighted by atomic mass is 10.1. The summed E-state index contributed by atoms with van der Waals surface area (Å²) in [6.45, 7) is 7.45. The summed E-state index contributed by atoms with van der Waals surface area (Å²) in [7, 11) is -1.10. The van der Waals surface area contributed by atoms with E-state index in [9.17, 15) is 5.11 Å². The van der Waals surface area contributed by atoms with Crippen LogP contribution in [0.1, 0.15) is 40.0 Å². The standard InChI is InChI=1S/C17H27O2PSi/c1-17(2,3)21(20-4,15-10-6-5-7-11-15)19-13-14-9-8-12-16(14)18/h5-7,10-11,14,16,18H,4,8-9,12-13H2,1-3H3. The maximum absolute atomic E-state index is 10.0. The van der Waals surface area contributed by atoms with Crippen molar-refractivity contribution >= 4 is 27.2 Å². The predicted octanol–water partition coefficient (Wildman–Crippen LogP) is 3.69. The van der Waals surface area contributed by atoms with Crippen molar-refractivity contribution in [2.45, 2.75) is 51.2 Å². The number of benzene rings is 1. The summed E-state index contributed by atoms with van der Waals surface area (Å²) in [5, 5.41) is 11.4. The molecule has 3 atom stereocenters. The Morgan fingerprint density at radius 3 is 2.43 bits per heavy atom. The van der Waals surface area contributed by atoms with E-state index in [0.717, 1.165) is 27.0 Å². The predicted molar refractivity (Wildman–Crippen MR) is 94.9 cm³/mol. The van der Waals surface area contributed by atoms with Crippen LogP contribution in [0.3, 0.4) is 0 Å². The normalized spacial score (nSPS) is 25.9. The SMILES string of the molecule is C=P[Si](OCC1CCCC1O)(c1ccccc1)C(C)(C)C. The summed E-state index contributed by atoms with van der Waals surface area (Å²) in [5.41, 5.74) is 0. The van der Waals surface area contributed by atoms with E-state index >= 15 is 0 Å². The summed E-state index contributed by atoms with van der Waals surface area (Å²) < 4.78 is 6.59. The van der Waals surface area contributed by atoms with E-state index in [1.165, 1.54) is 5.19 Å². The van der Waals surface area contributed by atoms with Crippen molar-refractivity contribution in [1.29, 1.82) is 0 Å². The van der Waals surface area contributed by atoms with E-state index < -0.39 is 7.98 Å². The zero-order chi connectivity index (χ0) is 15.5. The number of hydrogen-bond acceptors (Lipinski definition) is 2. The van der Waals surface area contributed by atoms with E-state index in [-0.39, 0.29) is 11.1 Å². The van der Waals surface area contributed by atoms with Gasteiger partial charge in [-0.3, -0.25) is 0 Å². The molecule has 1 saturated carbocycles. The number of aliphatic hydroxyl groups is 1. The molecule has 0 bridgehead atoms. The Morgan fingerprint density at radius 2 is 1.95 bits per heavy atom. The molecule has 1 aromatic rings. The van der Waals surface area contributed by atoms with Gasteiger partial charge < -0.3 is 9.53 Å². The smallest absolute Gasteiger partial charge is 0.283 e. The quantitative estimate of drug-likeness (QED) is 0.662. The van der Waals surface area contributed by atoms with Gasteiger partial charge in [-0.1, -0.05) is 71.6 Å². The van der Waals surface area contributed by atoms with Crippen LogP contribution in [-0.2, 0) is 4.43 Å². The van der Waals surface area contributed by atoms with E-state index in [0.29, 0.717) is 12.5 Å². The van der Waals surface area contributed by atoms with Crippen molar-refractivity contribution in [3.05, 3.63) is 30.3 Å². The second kappa shape index (κ2) is 6.74. The largest absolute Gasteiger partial charge is 0.404 e. The number of aliphatic hydroxyl groups excluding tert-OH is 1. The highest BCUT2D eigenvalue weighted by molar-refractivity contribution is 7.82. The van der Waals surface area contributed by atoms with Crippen molar-refractivity contribution < 1.29 is 9.53 Å². The monoisotopic (exact) mass is 322 g/mol. The Bertz CT molecular complexity index is 471. The van der Waals surface area contributed by atoms with Gasteiger partial charge >= 0.3 is 0 Å². The molecular weight excluding hydrogens is 295 g/mol. The molecule has 1 N–H and O–H groups in total. The van der Waals surface area contributed by atoms with Crippen molar-refractivity contribution in [2.75, 3.05) is 6.61 Å². The minimum absolute atomic E-state index is 0.0707. The maximum atomic E-state index is 10.0. The summed E-state index contributed by atoms with van der Waals surface area (Å²) in [6.07, 6.45) is 7.15. The van der Waals surface area contributed by atoms with Crippen LogP contribution in [-0.4, -0.2) is 32.1 Å². The van der Waals surface area contributed by atoms with Gasteiger partial charge in [0.1, 0.15) is 0 Å². The van der Waals surface area contributed by atoms with Crippen LogP contribution in [0, 0.1) is 5.92 Å². The van der Waals surface area contributed by atoms with Gasteiger partial charge in [-0.05, 0) is 23.1 Å². The molecule has 0 spiro atoms. The first kappa shape index (κ1) is 16.9. The molecule has 21 heavy (non-hydrogen) atoms. The fourth-order valence-corrected chi connectivity index (χ4v) is 9.44. The molecule has 0 aliphatic heterocycles. The second-order valence-electron chi connectivity index (χ2n) is 6.99. The Labute approximate surface area is 131 Å². The average Bonchev–Trinajstić information content (AvgIpc) is 2.85. The first-order chi connectivity index (χ1) is 9.90. The molecule has 1 fully saturated rings. The average molecular weight is 322 g/mol. The molecule has 2 rings (SSSR count). The molecule has 0 amide bonds. The summed E-state index contributed by atoms with van der Waals surface area (Å²) >= 11 is 0. The third-order valence-electron chi connectivity index (χ3n) is 4.53. The van der Waals surface area contributed by atoms with E-state index in [1.807, 2.05) is 6.07 Å². The summed E-state index contributed by atoms with van der Waals surface area (Å²) in [6, 6.07) is 10.6. The summed E-state index contributed by atoms with van der Waals surface area (Å²) in [5.74, 6) is 0.296. The van der Waals surface area contributed by atoms with Crippen molar-refractivity contribution in [2.24, 2.45) is 5.92 Å². The Hall–Kier alpha value is -0.473. The van der Waals surface area contributed by atoms with E-state index in [1.54, 1.807) is 0 Å². The van der Waals surface area contributed by atoms with Crippen LogP contribution in [0.15, 0.2) is 30.3 Å². The first-order valence-corrected chi connectivity index (χ1v) is 11.6. The number of hydrogen-bond donors (Lipinski definition) is 1. The number of rotatable bonds is 5. The molecule has 116 valence electrons. The molecule has 1 aromatic carbocycles. The first-order valence-electron chi connectivity index (χ1n) is 7.76. The summed E-state index contributed by atoms with van der Waals surface area (Å²) in [4.78, 5) is 0. The molecule has 0 saturated heterocycles. The van der Waals surface area contributed by atoms with Gasteiger partial charge in [0, 0.05) is 12.5 Å². The minimum Gasteiger partial charge on any atom is -0.404 e. The lowest BCUT2D eigenvalue weighted by molar-refractivity contribution is 0.0963. The molecule has 4 heteroatoms. The highest BCUT2D eigenvalue weighted by Gasteiger charge is 2.47. The Morgan fingerprint density at radius 1 is 1.29 bits per heavy atom. The van der Waals surface area contributed by atoms with Crippen LogP contribution in [0.2, 0.25) is 5.04 Å². The lowest BCUT2D eigenvalue weighted by Gasteiger charge is -2.40. The molecular formula is C17H27O2PSi. The van der Waals surface area contributed by atoms with Gasteiger partial charge in [0.15, 0.2) is 0 Å². The van der Waals surface area contributed by atoms with Gasteiger partial charge in [0.05, 0.1) is 6.10 Å². The zero-order valence-electron chi connectivity index (χ0n) is 13.4. The Balaban J connectivity index is 2.26. The van der Waals surface area contributed by atoms with Crippen molar-refractivity contribution in [1.82, 2.24) is 0 Å². The fraction of sp³-hybridized carbons (Fsp3) is 0.588. The van der Waals surface area contributed by atoms with Crippen molar-refractivity contribution in [3.63, 3.8) is 0 Å². The maximum Gasteiger partial charge on any atom is 0.283 e. The van der Waals surface area contributed by atoms with Crippen LogP contribution in [0.25, 0.3) is 0 Å². The molecule has 1 aliphatic rings. The topological polar surface area (TPSA) is 29.5 Å². The molecule has 2 nitrogen and oxygen atoms in total. The fourth-order valence-electron chi connectivity index (χ4n) is 3.21. The molecule has 0 aromatic heterocycles. The lowest BCUT2D eigenvalue weighted by Crippen LogP contribution is -2.54. The molecule has 0 radical (unpaired) electrons. The highest BCUT2D eigenvalue weighted by Crippen LogP contribution is 2.44. The third-order valence-corrected chi connectivity index (χ3v) is 13.2. The van der Waals surface area contributed by atoms with E-state index in [2.05, 4.69) is 51.3 Å². The second-order valence-corrected chi connectivity index (χ2v) is 13.8. The van der Waals surface area contributed by atoms with Crippen molar-refractivity contribution in [3.8, 4) is 0 Å². The van der Waals surface area contributed by atoms with Gasteiger partial charge in [-0.25, -0.2) is 0 Å². The Kier molecular flexibility index (Phi) is 5.42. The van der Waals surface area contributed by atoms with Gasteiger partial charge in [0.2, 0.25) is 0 Å². The van der Waals surface area contributed by atoms with Gasteiger partial charge in [-0.2, -0.15) is 0 Å². The minimum atomic E-state index is -2.19. The zero-order valence-corrected chi connectivity index (χ0v) is 15.3. The van der Waals surface area contributed by atoms with Crippen LogP contribution >= 0.6 is 7.75 Å². The van der Waals surface area contributed by atoms with Crippen LogP contribution < -0.4 is 5.19 Å². The van der Waals surface area contributed by atoms with Crippen LogP contribution in [0.5, 0.6) is 0 Å². The van der Waals surface area contributed by atoms with Gasteiger partial charge in [-0.15, -0.1) is 0 Å². The third kappa shape index (κ3) is 3.48. The van der Waals surface area contributed by atoms with Gasteiger partial charge in [0.25, 0.3) is 7.98 Å². The highest BCUT2D eigenvalue weighted by atomic mass is 31.3. The van der Waals surface area contributed by atoms with Crippen LogP contribution in [0.4, 0.5) is 0 Å². The molecule has 1 aliphatic carbocycles. The van der Waals surface area contributed by atoms with E-state index in [4.69, 9.17) is 4.43 Å². The molecule has 3 unspecified atom stereocenters.